The molecule has 3 rings (SSSR count). The van der Waals surface area contributed by atoms with Crippen molar-refractivity contribution in [3.63, 3.8) is 0 Å². The van der Waals surface area contributed by atoms with Crippen molar-refractivity contribution in [3.8, 4) is 0 Å². The van der Waals surface area contributed by atoms with E-state index in [4.69, 9.17) is 4.74 Å². The fourth-order valence-corrected chi connectivity index (χ4v) is 4.02. The van der Waals surface area contributed by atoms with Gasteiger partial charge in [-0.1, -0.05) is 52.3 Å². The van der Waals surface area contributed by atoms with Crippen molar-refractivity contribution in [2.24, 2.45) is 0 Å². The van der Waals surface area contributed by atoms with Crippen molar-refractivity contribution < 1.29 is 4.74 Å². The highest BCUT2D eigenvalue weighted by Crippen LogP contribution is 2.35. The molecule has 2 aromatic carbocycles. The topological polar surface area (TPSA) is 9.23 Å². The zero-order valence-corrected chi connectivity index (χ0v) is 13.4. The standard InChI is InChI=1S/C15H12BrIO/c16-15(13-3-1-2-4-14(13)17)10-5-6-11-8-18-9-12(11)7-10/h1-7,15H,8-9H2. The molecule has 0 N–H and O–H groups in total. The SMILES string of the molecule is BrC(c1ccc2c(c1)COC2)c1ccccc1I. The molecule has 1 aliphatic heterocycles. The Morgan fingerprint density at radius 3 is 2.67 bits per heavy atom. The Labute approximate surface area is 129 Å². The van der Waals surface area contributed by atoms with Crippen LogP contribution in [0.15, 0.2) is 42.5 Å². The largest absolute Gasteiger partial charge is 0.372 e. The number of hydrogen-bond acceptors (Lipinski definition) is 1. The maximum atomic E-state index is 5.46. The number of fused-ring (bicyclic) bond motifs is 1. The predicted octanol–water partition coefficient (Wildman–Crippen LogP) is 4.81. The molecule has 0 amide bonds. The lowest BCUT2D eigenvalue weighted by Gasteiger charge is -2.13. The number of rotatable bonds is 2. The summed E-state index contributed by atoms with van der Waals surface area (Å²) in [5.41, 5.74) is 5.25. The third kappa shape index (κ3) is 2.36. The molecule has 18 heavy (non-hydrogen) atoms. The first-order chi connectivity index (χ1) is 8.75. The van der Waals surface area contributed by atoms with Crippen molar-refractivity contribution in [3.05, 3.63) is 68.3 Å². The molecule has 0 spiro atoms. The van der Waals surface area contributed by atoms with Crippen LogP contribution in [0, 0.1) is 3.57 Å². The van der Waals surface area contributed by atoms with Crippen LogP contribution in [-0.2, 0) is 18.0 Å². The first kappa shape index (κ1) is 12.6. The lowest BCUT2D eigenvalue weighted by atomic mass is 10.0. The van der Waals surface area contributed by atoms with Gasteiger partial charge in [-0.2, -0.15) is 0 Å². The van der Waals surface area contributed by atoms with E-state index in [0.29, 0.717) is 0 Å². The van der Waals surface area contributed by atoms with E-state index in [-0.39, 0.29) is 4.83 Å². The summed E-state index contributed by atoms with van der Waals surface area (Å²) in [5, 5.41) is 0. The molecule has 1 nitrogen and oxygen atoms in total. The van der Waals surface area contributed by atoms with Gasteiger partial charge in [-0.25, -0.2) is 0 Å². The minimum atomic E-state index is 0.247. The minimum absolute atomic E-state index is 0.247. The number of alkyl halides is 1. The highest BCUT2D eigenvalue weighted by Gasteiger charge is 2.17. The van der Waals surface area contributed by atoms with Gasteiger partial charge in [-0.05, 0) is 50.9 Å². The van der Waals surface area contributed by atoms with Crippen LogP contribution in [0.2, 0.25) is 0 Å². The minimum Gasteiger partial charge on any atom is -0.372 e. The summed E-state index contributed by atoms with van der Waals surface area (Å²) in [6.07, 6.45) is 0. The zero-order chi connectivity index (χ0) is 12.5. The summed E-state index contributed by atoms with van der Waals surface area (Å²) >= 11 is 6.19. The molecule has 1 aliphatic rings. The molecule has 0 saturated carbocycles. The molecule has 0 saturated heterocycles. The first-order valence-corrected chi connectivity index (χ1v) is 7.83. The predicted molar refractivity (Wildman–Crippen MR) is 84.9 cm³/mol. The summed E-state index contributed by atoms with van der Waals surface area (Å²) in [5.74, 6) is 0. The maximum absolute atomic E-state index is 5.46. The fourth-order valence-electron chi connectivity index (χ4n) is 2.21. The van der Waals surface area contributed by atoms with Crippen LogP contribution in [0.25, 0.3) is 0 Å². The molecule has 2 aromatic rings. The van der Waals surface area contributed by atoms with Gasteiger partial charge in [0.25, 0.3) is 0 Å². The summed E-state index contributed by atoms with van der Waals surface area (Å²) < 4.78 is 6.75. The second-order valence-corrected chi connectivity index (χ2v) is 6.48. The van der Waals surface area contributed by atoms with Crippen molar-refractivity contribution in [2.75, 3.05) is 0 Å². The summed E-state index contributed by atoms with van der Waals surface area (Å²) in [7, 11) is 0. The van der Waals surface area contributed by atoms with E-state index in [9.17, 15) is 0 Å². The average Bonchev–Trinajstić information content (AvgIpc) is 2.85. The second-order valence-electron chi connectivity index (χ2n) is 4.41. The third-order valence-electron chi connectivity index (χ3n) is 3.22. The van der Waals surface area contributed by atoms with Crippen LogP contribution >= 0.6 is 38.5 Å². The van der Waals surface area contributed by atoms with Gasteiger partial charge in [0.2, 0.25) is 0 Å². The van der Waals surface area contributed by atoms with Crippen LogP contribution in [0.3, 0.4) is 0 Å². The molecule has 0 bridgehead atoms. The van der Waals surface area contributed by atoms with Crippen molar-refractivity contribution >= 4 is 38.5 Å². The van der Waals surface area contributed by atoms with E-state index >= 15 is 0 Å². The summed E-state index contributed by atoms with van der Waals surface area (Å²) in [6.45, 7) is 1.50. The lowest BCUT2D eigenvalue weighted by molar-refractivity contribution is 0.134. The summed E-state index contributed by atoms with van der Waals surface area (Å²) in [4.78, 5) is 0.247. The van der Waals surface area contributed by atoms with E-state index in [1.165, 1.54) is 25.8 Å². The highest BCUT2D eigenvalue weighted by molar-refractivity contribution is 14.1. The molecule has 1 heterocycles. The molecule has 1 unspecified atom stereocenters. The number of benzene rings is 2. The van der Waals surface area contributed by atoms with E-state index in [0.717, 1.165) is 13.2 Å². The van der Waals surface area contributed by atoms with Gasteiger partial charge in [-0.15, -0.1) is 0 Å². The number of ether oxygens (including phenoxy) is 1. The highest BCUT2D eigenvalue weighted by atomic mass is 127. The second kappa shape index (κ2) is 5.31. The Hall–Kier alpha value is -0.390. The van der Waals surface area contributed by atoms with Crippen molar-refractivity contribution in [1.82, 2.24) is 0 Å². The monoisotopic (exact) mass is 414 g/mol. The van der Waals surface area contributed by atoms with Crippen LogP contribution < -0.4 is 0 Å². The zero-order valence-electron chi connectivity index (χ0n) is 9.70. The van der Waals surface area contributed by atoms with Crippen LogP contribution in [0.5, 0.6) is 0 Å². The molecule has 0 aromatic heterocycles. The molecule has 92 valence electrons. The van der Waals surface area contributed by atoms with Gasteiger partial charge >= 0.3 is 0 Å². The Morgan fingerprint density at radius 2 is 1.83 bits per heavy atom. The molecule has 0 aliphatic carbocycles. The van der Waals surface area contributed by atoms with Crippen LogP contribution in [0.1, 0.15) is 27.1 Å². The van der Waals surface area contributed by atoms with Crippen LogP contribution in [0.4, 0.5) is 0 Å². The van der Waals surface area contributed by atoms with Gasteiger partial charge < -0.3 is 4.74 Å². The van der Waals surface area contributed by atoms with Crippen molar-refractivity contribution in [1.29, 1.82) is 0 Å². The van der Waals surface area contributed by atoms with Crippen molar-refractivity contribution in [2.45, 2.75) is 18.0 Å². The third-order valence-corrected chi connectivity index (χ3v) is 5.22. The Morgan fingerprint density at radius 1 is 1.06 bits per heavy atom. The maximum Gasteiger partial charge on any atom is 0.0725 e. The smallest absolute Gasteiger partial charge is 0.0725 e. The van der Waals surface area contributed by atoms with E-state index in [2.05, 4.69) is 81.0 Å². The molecule has 1 atom stereocenters. The van der Waals surface area contributed by atoms with E-state index < -0.39 is 0 Å². The Bertz CT molecular complexity index is 582. The lowest BCUT2D eigenvalue weighted by Crippen LogP contribution is -1.97. The fraction of sp³-hybridized carbons (Fsp3) is 0.200. The number of halogens is 2. The van der Waals surface area contributed by atoms with E-state index in [1.54, 1.807) is 0 Å². The van der Waals surface area contributed by atoms with Gasteiger partial charge in [0.1, 0.15) is 0 Å². The Kier molecular flexibility index (Phi) is 3.73. The molecule has 0 fully saturated rings. The van der Waals surface area contributed by atoms with Gasteiger partial charge in [-0.3, -0.25) is 0 Å². The van der Waals surface area contributed by atoms with Crippen LogP contribution in [-0.4, -0.2) is 0 Å². The first-order valence-electron chi connectivity index (χ1n) is 5.83. The van der Waals surface area contributed by atoms with Gasteiger partial charge in [0, 0.05) is 3.57 Å². The summed E-state index contributed by atoms with van der Waals surface area (Å²) in [6, 6.07) is 15.1. The number of hydrogen-bond donors (Lipinski definition) is 0. The molecular formula is C15H12BrIO. The quantitative estimate of drug-likeness (QED) is 0.506. The average molecular weight is 415 g/mol. The van der Waals surface area contributed by atoms with E-state index in [1.807, 2.05) is 0 Å². The van der Waals surface area contributed by atoms with Gasteiger partial charge in [0.05, 0.1) is 18.0 Å². The normalized spacial score (nSPS) is 15.4. The molecular weight excluding hydrogens is 403 g/mol. The Balaban J connectivity index is 1.98. The molecule has 0 radical (unpaired) electrons. The van der Waals surface area contributed by atoms with Gasteiger partial charge in [0.15, 0.2) is 0 Å². The molecule has 3 heteroatoms.